The molecule has 1 saturated heterocycles. The number of amides is 3. The molecule has 2 aromatic rings. The third-order valence-corrected chi connectivity index (χ3v) is 5.22. The quantitative estimate of drug-likeness (QED) is 0.763. The second-order valence-electron chi connectivity index (χ2n) is 6.28. The van der Waals surface area contributed by atoms with E-state index in [1.165, 1.54) is 11.3 Å². The number of hydrogen-bond acceptors (Lipinski definition) is 5. The lowest BCUT2D eigenvalue weighted by atomic mass is 10.1. The number of rotatable bonds is 7. The Morgan fingerprint density at radius 2 is 2.07 bits per heavy atom. The molecule has 3 rings (SSSR count). The number of nitrogens with zero attached hydrogens (tertiary/aromatic N) is 2. The smallest absolute Gasteiger partial charge is 0.243 e. The van der Waals surface area contributed by atoms with Crippen LogP contribution in [0.4, 0.5) is 10.8 Å². The molecule has 0 radical (unpaired) electrons. The van der Waals surface area contributed by atoms with Crippen molar-refractivity contribution in [3.8, 4) is 0 Å². The molecule has 7 nitrogen and oxygen atoms in total. The highest BCUT2D eigenvalue weighted by Crippen LogP contribution is 2.25. The van der Waals surface area contributed by atoms with E-state index >= 15 is 0 Å². The Bertz CT molecular complexity index is 849. The molecule has 0 spiro atoms. The summed E-state index contributed by atoms with van der Waals surface area (Å²) in [5.41, 5.74) is 2.41. The standard InChI is InChI=1S/C19H22N4O3S/c1-2-13-6-3-4-7-15(13)22-17(25)11-20-16(24)10-14-12-27-19(21-14)23-9-5-8-18(23)26/h3-4,6-7,12H,2,5,8-11H2,1H3,(H,20,24)(H,22,25). The van der Waals surface area contributed by atoms with Gasteiger partial charge in [-0.25, -0.2) is 4.98 Å². The first-order chi connectivity index (χ1) is 13.1. The molecular formula is C19H22N4O3S. The summed E-state index contributed by atoms with van der Waals surface area (Å²) in [6.45, 7) is 2.60. The van der Waals surface area contributed by atoms with E-state index in [2.05, 4.69) is 15.6 Å². The van der Waals surface area contributed by atoms with E-state index in [9.17, 15) is 14.4 Å². The van der Waals surface area contributed by atoms with Gasteiger partial charge in [-0.05, 0) is 24.5 Å². The van der Waals surface area contributed by atoms with Crippen molar-refractivity contribution < 1.29 is 14.4 Å². The summed E-state index contributed by atoms with van der Waals surface area (Å²) in [4.78, 5) is 41.9. The van der Waals surface area contributed by atoms with Gasteiger partial charge in [0.2, 0.25) is 17.7 Å². The first-order valence-electron chi connectivity index (χ1n) is 8.96. The molecule has 1 fully saturated rings. The van der Waals surface area contributed by atoms with Crippen LogP contribution < -0.4 is 15.5 Å². The van der Waals surface area contributed by atoms with Crippen molar-refractivity contribution in [2.24, 2.45) is 0 Å². The van der Waals surface area contributed by atoms with Gasteiger partial charge in [0, 0.05) is 24.0 Å². The number of nitrogens with one attached hydrogen (secondary N) is 2. The van der Waals surface area contributed by atoms with E-state index in [4.69, 9.17) is 0 Å². The number of carbonyl (C=O) groups excluding carboxylic acids is 3. The fourth-order valence-electron chi connectivity index (χ4n) is 2.90. The van der Waals surface area contributed by atoms with E-state index in [1.807, 2.05) is 31.2 Å². The van der Waals surface area contributed by atoms with Crippen molar-refractivity contribution in [2.45, 2.75) is 32.6 Å². The van der Waals surface area contributed by atoms with Gasteiger partial charge in [-0.3, -0.25) is 19.3 Å². The maximum atomic E-state index is 12.1. The van der Waals surface area contributed by atoms with Crippen molar-refractivity contribution in [1.29, 1.82) is 0 Å². The predicted octanol–water partition coefficient (Wildman–Crippen LogP) is 2.13. The first-order valence-corrected chi connectivity index (χ1v) is 9.84. The lowest BCUT2D eigenvalue weighted by molar-refractivity contribution is -0.123. The molecule has 0 aliphatic carbocycles. The van der Waals surface area contributed by atoms with Crippen LogP contribution in [0.3, 0.4) is 0 Å². The Labute approximate surface area is 161 Å². The molecule has 0 bridgehead atoms. The van der Waals surface area contributed by atoms with Crippen molar-refractivity contribution in [3.05, 3.63) is 40.9 Å². The third-order valence-electron chi connectivity index (χ3n) is 4.30. The Hall–Kier alpha value is -2.74. The molecule has 142 valence electrons. The molecule has 0 unspecified atom stereocenters. The highest BCUT2D eigenvalue weighted by molar-refractivity contribution is 7.14. The molecule has 3 amide bonds. The summed E-state index contributed by atoms with van der Waals surface area (Å²) in [6, 6.07) is 7.58. The number of benzene rings is 1. The van der Waals surface area contributed by atoms with E-state index in [0.29, 0.717) is 23.8 Å². The van der Waals surface area contributed by atoms with Gasteiger partial charge in [0.25, 0.3) is 0 Å². The Morgan fingerprint density at radius 1 is 1.26 bits per heavy atom. The highest BCUT2D eigenvalue weighted by atomic mass is 32.1. The van der Waals surface area contributed by atoms with Gasteiger partial charge in [-0.15, -0.1) is 11.3 Å². The Balaban J connectivity index is 1.47. The lowest BCUT2D eigenvalue weighted by Gasteiger charge is -2.10. The van der Waals surface area contributed by atoms with E-state index in [-0.39, 0.29) is 30.7 Å². The monoisotopic (exact) mass is 386 g/mol. The molecule has 1 aromatic carbocycles. The van der Waals surface area contributed by atoms with Gasteiger partial charge in [0.15, 0.2) is 5.13 Å². The first kappa shape index (κ1) is 19.0. The minimum absolute atomic E-state index is 0.0735. The zero-order valence-electron chi connectivity index (χ0n) is 15.2. The third kappa shape index (κ3) is 4.91. The summed E-state index contributed by atoms with van der Waals surface area (Å²) >= 11 is 1.36. The summed E-state index contributed by atoms with van der Waals surface area (Å²) in [5.74, 6) is -0.478. The fraction of sp³-hybridized carbons (Fsp3) is 0.368. The maximum Gasteiger partial charge on any atom is 0.243 e. The number of thiazole rings is 1. The molecule has 1 aromatic heterocycles. The number of aromatic nitrogens is 1. The Kier molecular flexibility index (Phi) is 6.18. The Morgan fingerprint density at radius 3 is 2.81 bits per heavy atom. The summed E-state index contributed by atoms with van der Waals surface area (Å²) < 4.78 is 0. The summed E-state index contributed by atoms with van der Waals surface area (Å²) in [6.07, 6.45) is 2.28. The van der Waals surface area contributed by atoms with Gasteiger partial charge < -0.3 is 10.6 Å². The van der Waals surface area contributed by atoms with Crippen LogP contribution in [0.15, 0.2) is 29.6 Å². The van der Waals surface area contributed by atoms with Gasteiger partial charge in [-0.1, -0.05) is 25.1 Å². The minimum Gasteiger partial charge on any atom is -0.347 e. The number of aryl methyl sites for hydroxylation is 1. The van der Waals surface area contributed by atoms with Crippen LogP contribution in [0.25, 0.3) is 0 Å². The maximum absolute atomic E-state index is 12.1. The van der Waals surface area contributed by atoms with E-state index < -0.39 is 0 Å². The van der Waals surface area contributed by atoms with Crippen molar-refractivity contribution in [1.82, 2.24) is 10.3 Å². The highest BCUT2D eigenvalue weighted by Gasteiger charge is 2.24. The molecule has 0 saturated carbocycles. The van der Waals surface area contributed by atoms with Crippen molar-refractivity contribution >= 4 is 39.9 Å². The normalized spacial score (nSPS) is 13.7. The van der Waals surface area contributed by atoms with Crippen LogP contribution in [0.2, 0.25) is 0 Å². The van der Waals surface area contributed by atoms with Crippen LogP contribution in [0.1, 0.15) is 31.0 Å². The molecule has 27 heavy (non-hydrogen) atoms. The molecule has 2 N–H and O–H groups in total. The topological polar surface area (TPSA) is 91.4 Å². The van der Waals surface area contributed by atoms with E-state index in [1.54, 1.807) is 10.3 Å². The summed E-state index contributed by atoms with van der Waals surface area (Å²) in [7, 11) is 0. The second-order valence-corrected chi connectivity index (χ2v) is 7.12. The van der Waals surface area contributed by atoms with Crippen molar-refractivity contribution in [2.75, 3.05) is 23.3 Å². The SMILES string of the molecule is CCc1ccccc1NC(=O)CNC(=O)Cc1csc(N2CCCC2=O)n1. The average molecular weight is 386 g/mol. The molecular weight excluding hydrogens is 364 g/mol. The lowest BCUT2D eigenvalue weighted by Crippen LogP contribution is -2.34. The van der Waals surface area contributed by atoms with Gasteiger partial charge in [0.1, 0.15) is 0 Å². The van der Waals surface area contributed by atoms with Crippen LogP contribution in [-0.2, 0) is 27.2 Å². The zero-order valence-corrected chi connectivity index (χ0v) is 16.0. The molecule has 8 heteroatoms. The molecule has 1 aliphatic rings. The van der Waals surface area contributed by atoms with Crippen LogP contribution in [0, 0.1) is 0 Å². The fourth-order valence-corrected chi connectivity index (χ4v) is 3.77. The van der Waals surface area contributed by atoms with Gasteiger partial charge in [0.05, 0.1) is 18.7 Å². The number of anilines is 2. The van der Waals surface area contributed by atoms with Gasteiger partial charge >= 0.3 is 0 Å². The van der Waals surface area contributed by atoms with E-state index in [0.717, 1.165) is 24.1 Å². The van der Waals surface area contributed by atoms with Crippen LogP contribution in [0.5, 0.6) is 0 Å². The predicted molar refractivity (Wildman–Crippen MR) is 105 cm³/mol. The minimum atomic E-state index is -0.279. The largest absolute Gasteiger partial charge is 0.347 e. The number of hydrogen-bond donors (Lipinski definition) is 2. The molecule has 2 heterocycles. The molecule has 1 aliphatic heterocycles. The number of para-hydroxylation sites is 1. The van der Waals surface area contributed by atoms with Gasteiger partial charge in [-0.2, -0.15) is 0 Å². The number of carbonyl (C=O) groups is 3. The molecule has 0 atom stereocenters. The zero-order chi connectivity index (χ0) is 19.2. The average Bonchev–Trinajstić information content (AvgIpc) is 3.29. The summed E-state index contributed by atoms with van der Waals surface area (Å²) in [5, 5.41) is 7.83. The second kappa shape index (κ2) is 8.77. The van der Waals surface area contributed by atoms with Crippen molar-refractivity contribution in [3.63, 3.8) is 0 Å². The van der Waals surface area contributed by atoms with Crippen LogP contribution in [-0.4, -0.2) is 35.8 Å². The van der Waals surface area contributed by atoms with Crippen LogP contribution >= 0.6 is 11.3 Å².